The summed E-state index contributed by atoms with van der Waals surface area (Å²) in [5.74, 6) is 4.42. The number of carbonyl (C=O) groups excluding carboxylic acids is 2. The molecule has 1 amide bonds. The molecule has 1 aliphatic rings. The highest BCUT2D eigenvalue weighted by molar-refractivity contribution is 5.89. The van der Waals surface area contributed by atoms with Gasteiger partial charge in [-0.15, -0.1) is 0 Å². The van der Waals surface area contributed by atoms with Crippen LogP contribution in [-0.2, 0) is 20.8 Å². The van der Waals surface area contributed by atoms with Crippen LogP contribution >= 0.6 is 0 Å². The number of aliphatic hydroxyl groups is 1. The average Bonchev–Trinajstić information content (AvgIpc) is 3.26. The van der Waals surface area contributed by atoms with Gasteiger partial charge in [-0.05, 0) is 18.2 Å². The van der Waals surface area contributed by atoms with Gasteiger partial charge in [0.15, 0.2) is 0 Å². The maximum absolute atomic E-state index is 14.3. The second-order valence-corrected chi connectivity index (χ2v) is 5.72. The first-order valence-electron chi connectivity index (χ1n) is 8.00. The van der Waals surface area contributed by atoms with Crippen molar-refractivity contribution in [2.24, 2.45) is 0 Å². The van der Waals surface area contributed by atoms with Crippen molar-refractivity contribution in [1.29, 1.82) is 0 Å². The minimum absolute atomic E-state index is 0.0397. The maximum atomic E-state index is 14.3. The van der Waals surface area contributed by atoms with Crippen molar-refractivity contribution in [3.8, 4) is 11.8 Å². The molecule has 1 aromatic carbocycles. The van der Waals surface area contributed by atoms with Gasteiger partial charge in [0, 0.05) is 6.20 Å². The number of benzene rings is 1. The van der Waals surface area contributed by atoms with Crippen LogP contribution < -0.4 is 4.90 Å². The molecule has 0 saturated carbocycles. The van der Waals surface area contributed by atoms with E-state index in [9.17, 15) is 14.0 Å². The largest absolute Gasteiger partial charge is 0.468 e. The van der Waals surface area contributed by atoms with Gasteiger partial charge < -0.3 is 14.6 Å². The van der Waals surface area contributed by atoms with Gasteiger partial charge in [-0.1, -0.05) is 11.8 Å². The Kier molecular flexibility index (Phi) is 5.38. The smallest absolute Gasteiger partial charge is 0.414 e. The van der Waals surface area contributed by atoms with E-state index in [0.29, 0.717) is 11.3 Å². The third-order valence-corrected chi connectivity index (χ3v) is 3.84. The average molecular weight is 373 g/mol. The molecular weight excluding hydrogens is 357 g/mol. The molecule has 2 heterocycles. The number of aliphatic hydroxyl groups excluding tert-OH is 1. The Balaban J connectivity index is 1.73. The fraction of sp³-hybridized carbons (Fsp3) is 0.278. The van der Waals surface area contributed by atoms with Crippen LogP contribution in [0, 0.1) is 17.7 Å². The predicted octanol–water partition coefficient (Wildman–Crippen LogP) is 0.913. The first-order chi connectivity index (χ1) is 13.0. The first kappa shape index (κ1) is 18.4. The number of methoxy groups -OCH3 is 1. The molecule has 0 spiro atoms. The number of ether oxygens (including phenoxy) is 2. The van der Waals surface area contributed by atoms with Crippen molar-refractivity contribution in [1.82, 2.24) is 9.78 Å². The van der Waals surface area contributed by atoms with E-state index in [1.54, 1.807) is 12.3 Å². The highest BCUT2D eigenvalue weighted by Gasteiger charge is 2.32. The van der Waals surface area contributed by atoms with E-state index in [0.717, 1.165) is 0 Å². The molecule has 3 rings (SSSR count). The molecule has 27 heavy (non-hydrogen) atoms. The lowest BCUT2D eigenvalue weighted by molar-refractivity contribution is -0.141. The lowest BCUT2D eigenvalue weighted by Gasteiger charge is -2.13. The van der Waals surface area contributed by atoms with Crippen molar-refractivity contribution in [2.75, 3.05) is 25.2 Å². The second kappa shape index (κ2) is 7.88. The molecule has 1 N–H and O–H groups in total. The summed E-state index contributed by atoms with van der Waals surface area (Å²) in [7, 11) is 1.28. The van der Waals surface area contributed by atoms with Crippen molar-refractivity contribution in [3.63, 3.8) is 0 Å². The van der Waals surface area contributed by atoms with Crippen LogP contribution in [0.2, 0.25) is 0 Å². The highest BCUT2D eigenvalue weighted by atomic mass is 19.1. The Morgan fingerprint density at radius 1 is 1.48 bits per heavy atom. The van der Waals surface area contributed by atoms with Gasteiger partial charge in [-0.2, -0.15) is 5.10 Å². The number of rotatable bonds is 4. The van der Waals surface area contributed by atoms with Gasteiger partial charge in [-0.25, -0.2) is 9.18 Å². The third kappa shape index (κ3) is 4.24. The van der Waals surface area contributed by atoms with Gasteiger partial charge in [0.2, 0.25) is 0 Å². The molecule has 1 fully saturated rings. The van der Waals surface area contributed by atoms with Gasteiger partial charge in [0.25, 0.3) is 0 Å². The number of aromatic nitrogens is 2. The van der Waals surface area contributed by atoms with Gasteiger partial charge in [0.05, 0.1) is 43.3 Å². The number of hydrogen-bond acceptors (Lipinski definition) is 6. The molecule has 1 atom stereocenters. The molecule has 0 bridgehead atoms. The maximum Gasteiger partial charge on any atom is 0.414 e. The summed E-state index contributed by atoms with van der Waals surface area (Å²) in [6.45, 7) is -0.181. The summed E-state index contributed by atoms with van der Waals surface area (Å²) < 4.78 is 25.2. The van der Waals surface area contributed by atoms with E-state index < -0.39 is 24.0 Å². The zero-order chi connectivity index (χ0) is 19.4. The Hall–Kier alpha value is -3.38. The number of anilines is 1. The summed E-state index contributed by atoms with van der Waals surface area (Å²) in [6.07, 6.45) is 1.75. The first-order valence-corrected chi connectivity index (χ1v) is 8.00. The van der Waals surface area contributed by atoms with Crippen LogP contribution in [0.15, 0.2) is 30.6 Å². The molecule has 8 nitrogen and oxygen atoms in total. The number of halogens is 1. The van der Waals surface area contributed by atoms with E-state index in [-0.39, 0.29) is 25.3 Å². The quantitative estimate of drug-likeness (QED) is 0.633. The monoisotopic (exact) mass is 373 g/mol. The molecular formula is C18H16FN3O5. The third-order valence-electron chi connectivity index (χ3n) is 3.84. The van der Waals surface area contributed by atoms with Crippen LogP contribution in [0.3, 0.4) is 0 Å². The minimum atomic E-state index is -0.634. The number of cyclic esters (lactones) is 1. The second-order valence-electron chi connectivity index (χ2n) is 5.72. The van der Waals surface area contributed by atoms with Crippen LogP contribution in [-0.4, -0.2) is 53.3 Å². The number of hydrogen-bond donors (Lipinski definition) is 1. The van der Waals surface area contributed by atoms with E-state index in [1.165, 1.54) is 35.0 Å². The molecule has 0 radical (unpaired) electrons. The van der Waals surface area contributed by atoms with Crippen molar-refractivity contribution in [3.05, 3.63) is 47.5 Å². The topological polar surface area (TPSA) is 93.9 Å². The fourth-order valence-corrected chi connectivity index (χ4v) is 2.45. The van der Waals surface area contributed by atoms with Crippen LogP contribution in [0.25, 0.3) is 0 Å². The Morgan fingerprint density at radius 2 is 2.30 bits per heavy atom. The molecule has 0 aliphatic carbocycles. The number of nitrogens with zero attached hydrogens (tertiary/aromatic N) is 3. The summed E-state index contributed by atoms with van der Waals surface area (Å²) in [5, 5.41) is 13.0. The number of esters is 1. The van der Waals surface area contributed by atoms with Crippen molar-refractivity contribution >= 4 is 17.7 Å². The zero-order valence-corrected chi connectivity index (χ0v) is 14.4. The van der Waals surface area contributed by atoms with Crippen LogP contribution in [0.5, 0.6) is 0 Å². The molecule has 9 heteroatoms. The molecule has 1 saturated heterocycles. The lowest BCUT2D eigenvalue weighted by Crippen LogP contribution is -2.25. The standard InChI is InChI=1S/C18H16FN3O5/c1-26-17(24)10-21-8-12(7-20-21)2-3-13-4-5-14(6-16(13)19)22-9-15(11-23)27-18(22)25/h4-8,15,23H,9-11H2,1H3/t15-/m1/s1. The van der Waals surface area contributed by atoms with Crippen molar-refractivity contribution < 1.29 is 28.6 Å². The van der Waals surface area contributed by atoms with E-state index in [1.807, 2.05) is 0 Å². The summed E-state index contributed by atoms with van der Waals surface area (Å²) in [6, 6.07) is 4.19. The van der Waals surface area contributed by atoms with E-state index >= 15 is 0 Å². The Morgan fingerprint density at radius 3 is 2.96 bits per heavy atom. The number of carbonyl (C=O) groups is 2. The molecule has 1 aromatic heterocycles. The van der Waals surface area contributed by atoms with Gasteiger partial charge >= 0.3 is 12.1 Å². The van der Waals surface area contributed by atoms with E-state index in [2.05, 4.69) is 21.7 Å². The fourth-order valence-electron chi connectivity index (χ4n) is 2.45. The summed E-state index contributed by atoms with van der Waals surface area (Å²) in [5.41, 5.74) is 0.979. The van der Waals surface area contributed by atoms with Gasteiger partial charge in [0.1, 0.15) is 18.5 Å². The lowest BCUT2D eigenvalue weighted by atomic mass is 10.1. The highest BCUT2D eigenvalue weighted by Crippen LogP contribution is 2.23. The minimum Gasteiger partial charge on any atom is -0.468 e. The zero-order valence-electron chi connectivity index (χ0n) is 14.4. The summed E-state index contributed by atoms with van der Waals surface area (Å²) >= 11 is 0. The molecule has 0 unspecified atom stereocenters. The molecule has 2 aromatic rings. The SMILES string of the molecule is COC(=O)Cn1cc(C#Cc2ccc(N3C[C@H](CO)OC3=O)cc2F)cn1. The molecule has 140 valence electrons. The normalized spacial score (nSPS) is 15.9. The summed E-state index contributed by atoms with van der Waals surface area (Å²) in [4.78, 5) is 24.2. The molecule has 1 aliphatic heterocycles. The predicted molar refractivity (Wildman–Crippen MR) is 91.3 cm³/mol. The van der Waals surface area contributed by atoms with Crippen LogP contribution in [0.1, 0.15) is 11.1 Å². The van der Waals surface area contributed by atoms with Gasteiger partial charge in [-0.3, -0.25) is 14.4 Å². The van der Waals surface area contributed by atoms with E-state index in [4.69, 9.17) is 9.84 Å². The van der Waals surface area contributed by atoms with Crippen molar-refractivity contribution in [2.45, 2.75) is 12.6 Å². The van der Waals surface area contributed by atoms with Crippen LogP contribution in [0.4, 0.5) is 14.9 Å². The Labute approximate surface area is 154 Å². The Bertz CT molecular complexity index is 931. The number of amides is 1.